The number of aromatic amines is 1. The smallest absolute Gasteiger partial charge is 0.268 e. The molecule has 164 valence electrons. The molecule has 31 heavy (non-hydrogen) atoms. The van der Waals surface area contributed by atoms with Crippen LogP contribution in [0.3, 0.4) is 0 Å². The molecule has 1 heterocycles. The summed E-state index contributed by atoms with van der Waals surface area (Å²) in [7, 11) is 1.83. The predicted molar refractivity (Wildman–Crippen MR) is 127 cm³/mol. The van der Waals surface area contributed by atoms with Crippen LogP contribution in [0.25, 0.3) is 5.57 Å². The Labute approximate surface area is 185 Å². The van der Waals surface area contributed by atoms with Gasteiger partial charge in [0.2, 0.25) is 0 Å². The number of rotatable bonds is 6. The van der Waals surface area contributed by atoms with Crippen LogP contribution in [0.15, 0.2) is 60.8 Å². The van der Waals surface area contributed by atoms with Gasteiger partial charge in [0.15, 0.2) is 0 Å². The quantitative estimate of drug-likeness (QED) is 0.518. The SMILES string of the molecule is C=CCNC(=O)c1[nH]c(C)cc1C(=C)C(=O)N(C)C1CCC(C)(C)C2=C1C=CCC=C2. The number of aromatic nitrogens is 1. The van der Waals surface area contributed by atoms with Crippen LogP contribution in [0.4, 0.5) is 0 Å². The van der Waals surface area contributed by atoms with Gasteiger partial charge >= 0.3 is 0 Å². The van der Waals surface area contributed by atoms with Gasteiger partial charge in [-0.15, -0.1) is 6.58 Å². The van der Waals surface area contributed by atoms with Gasteiger partial charge in [0.05, 0.1) is 6.04 Å². The average molecular weight is 420 g/mol. The van der Waals surface area contributed by atoms with E-state index in [2.05, 4.69) is 61.6 Å². The van der Waals surface area contributed by atoms with Crippen molar-refractivity contribution in [3.05, 3.63) is 77.7 Å². The molecule has 0 fully saturated rings. The van der Waals surface area contributed by atoms with Crippen molar-refractivity contribution in [2.24, 2.45) is 5.41 Å². The van der Waals surface area contributed by atoms with Crippen LogP contribution in [0.1, 0.15) is 54.9 Å². The lowest BCUT2D eigenvalue weighted by Crippen LogP contribution is -2.42. The third-order valence-electron chi connectivity index (χ3n) is 6.25. The van der Waals surface area contributed by atoms with Crippen LogP contribution in [-0.2, 0) is 4.79 Å². The summed E-state index contributed by atoms with van der Waals surface area (Å²) >= 11 is 0. The standard InChI is InChI=1S/C26H33N3O2/c1-7-15-27-24(30)23-20(16-17(2)28-23)18(3)25(31)29(6)22-13-14-26(4,5)21-12-10-8-9-11-19(21)22/h7,9-12,16,22,28H,1,3,8,13-15H2,2,4-6H3,(H,27,30). The van der Waals surface area contributed by atoms with Gasteiger partial charge in [-0.3, -0.25) is 9.59 Å². The van der Waals surface area contributed by atoms with Crippen LogP contribution in [0.2, 0.25) is 0 Å². The summed E-state index contributed by atoms with van der Waals surface area (Å²) < 4.78 is 0. The zero-order valence-electron chi connectivity index (χ0n) is 19.0. The molecule has 0 aliphatic heterocycles. The van der Waals surface area contributed by atoms with Crippen LogP contribution >= 0.6 is 0 Å². The molecule has 0 spiro atoms. The molecule has 1 aromatic heterocycles. The second kappa shape index (κ2) is 8.96. The van der Waals surface area contributed by atoms with E-state index in [0.717, 1.165) is 25.0 Å². The van der Waals surface area contributed by atoms with E-state index in [1.807, 2.05) is 14.0 Å². The van der Waals surface area contributed by atoms with Crippen LogP contribution in [0.5, 0.6) is 0 Å². The normalized spacial score (nSPS) is 19.4. The van der Waals surface area contributed by atoms with Gasteiger partial charge in [-0.25, -0.2) is 0 Å². The number of nitrogens with one attached hydrogen (secondary N) is 2. The molecular weight excluding hydrogens is 386 g/mol. The van der Waals surface area contributed by atoms with E-state index in [1.54, 1.807) is 17.0 Å². The third kappa shape index (κ3) is 4.50. The van der Waals surface area contributed by atoms with Gasteiger partial charge < -0.3 is 15.2 Å². The molecule has 1 aromatic rings. The Kier molecular flexibility index (Phi) is 6.54. The number of hydrogen-bond acceptors (Lipinski definition) is 2. The number of likely N-dealkylation sites (N-methyl/N-ethyl adjacent to an activating group) is 1. The number of amides is 2. The minimum Gasteiger partial charge on any atom is -0.354 e. The van der Waals surface area contributed by atoms with Gasteiger partial charge in [-0.2, -0.15) is 0 Å². The maximum Gasteiger partial charge on any atom is 0.268 e. The number of carbonyl (C=O) groups is 2. The van der Waals surface area contributed by atoms with E-state index in [4.69, 9.17) is 0 Å². The molecule has 2 aliphatic carbocycles. The fourth-order valence-electron chi connectivity index (χ4n) is 4.47. The lowest BCUT2D eigenvalue weighted by molar-refractivity contribution is -0.125. The van der Waals surface area contributed by atoms with Crippen molar-refractivity contribution in [1.82, 2.24) is 15.2 Å². The highest BCUT2D eigenvalue weighted by molar-refractivity contribution is 6.21. The largest absolute Gasteiger partial charge is 0.354 e. The number of nitrogens with zero attached hydrogens (tertiary/aromatic N) is 1. The molecule has 2 N–H and O–H groups in total. The van der Waals surface area contributed by atoms with Crippen molar-refractivity contribution in [3.8, 4) is 0 Å². The molecule has 2 amide bonds. The molecule has 0 radical (unpaired) electrons. The summed E-state index contributed by atoms with van der Waals surface area (Å²) in [6, 6.07) is 1.78. The molecule has 5 nitrogen and oxygen atoms in total. The molecule has 0 saturated carbocycles. The maximum absolute atomic E-state index is 13.5. The Balaban J connectivity index is 1.90. The van der Waals surface area contributed by atoms with Crippen molar-refractivity contribution < 1.29 is 9.59 Å². The molecule has 5 heteroatoms. The zero-order valence-corrected chi connectivity index (χ0v) is 19.0. The summed E-state index contributed by atoms with van der Waals surface area (Å²) in [4.78, 5) is 30.9. The van der Waals surface area contributed by atoms with E-state index in [-0.39, 0.29) is 23.3 Å². The van der Waals surface area contributed by atoms with Crippen molar-refractivity contribution >= 4 is 17.4 Å². The summed E-state index contributed by atoms with van der Waals surface area (Å²) in [5, 5.41) is 2.76. The van der Waals surface area contributed by atoms with Crippen molar-refractivity contribution in [1.29, 1.82) is 0 Å². The Bertz CT molecular complexity index is 1000. The minimum absolute atomic E-state index is 0.0237. The van der Waals surface area contributed by atoms with Gasteiger partial charge in [-0.1, -0.05) is 50.8 Å². The maximum atomic E-state index is 13.5. The number of H-pyrrole nitrogens is 1. The topological polar surface area (TPSA) is 65.2 Å². The summed E-state index contributed by atoms with van der Waals surface area (Å²) in [5.41, 5.74) is 4.58. The first kappa shape index (κ1) is 22.6. The second-order valence-corrected chi connectivity index (χ2v) is 8.98. The summed E-state index contributed by atoms with van der Waals surface area (Å²) in [6.45, 7) is 14.4. The molecule has 0 bridgehead atoms. The van der Waals surface area contributed by atoms with E-state index >= 15 is 0 Å². The van der Waals surface area contributed by atoms with Gasteiger partial charge in [0.25, 0.3) is 11.8 Å². The van der Waals surface area contributed by atoms with E-state index in [1.165, 1.54) is 11.1 Å². The second-order valence-electron chi connectivity index (χ2n) is 8.98. The Morgan fingerprint density at radius 3 is 2.74 bits per heavy atom. The molecule has 1 atom stereocenters. The van der Waals surface area contributed by atoms with E-state index in [0.29, 0.717) is 23.4 Å². The highest BCUT2D eigenvalue weighted by Crippen LogP contribution is 2.44. The van der Waals surface area contributed by atoms with Gasteiger partial charge in [0, 0.05) is 30.4 Å². The number of allylic oxidation sites excluding steroid dienone is 4. The molecule has 3 rings (SSSR count). The van der Waals surface area contributed by atoms with Crippen LogP contribution in [-0.4, -0.2) is 41.3 Å². The molecule has 2 aliphatic rings. The molecule has 0 saturated heterocycles. The number of carbonyl (C=O) groups excluding carboxylic acids is 2. The highest BCUT2D eigenvalue weighted by Gasteiger charge is 2.37. The fourth-order valence-corrected chi connectivity index (χ4v) is 4.47. The van der Waals surface area contributed by atoms with E-state index < -0.39 is 0 Å². The first-order chi connectivity index (χ1) is 14.7. The lowest BCUT2D eigenvalue weighted by atomic mass is 9.70. The van der Waals surface area contributed by atoms with E-state index in [9.17, 15) is 9.59 Å². The average Bonchev–Trinajstić information content (AvgIpc) is 2.95. The van der Waals surface area contributed by atoms with Crippen molar-refractivity contribution in [2.45, 2.75) is 46.1 Å². The first-order valence-electron chi connectivity index (χ1n) is 10.8. The summed E-state index contributed by atoms with van der Waals surface area (Å²) in [6.07, 6.45) is 13.1. The third-order valence-corrected chi connectivity index (χ3v) is 6.25. The summed E-state index contributed by atoms with van der Waals surface area (Å²) in [5.74, 6) is -0.448. The zero-order chi connectivity index (χ0) is 22.8. The number of aryl methyl sites for hydroxylation is 1. The molecule has 1 unspecified atom stereocenters. The fraction of sp³-hybridized carbons (Fsp3) is 0.385. The number of hydrogen-bond donors (Lipinski definition) is 2. The molecular formula is C26H33N3O2. The van der Waals surface area contributed by atoms with Gasteiger partial charge in [0.1, 0.15) is 5.69 Å². The van der Waals surface area contributed by atoms with Crippen LogP contribution in [0, 0.1) is 12.3 Å². The highest BCUT2D eigenvalue weighted by atomic mass is 16.2. The minimum atomic E-state index is -0.277. The van der Waals surface area contributed by atoms with Crippen molar-refractivity contribution in [3.63, 3.8) is 0 Å². The lowest BCUT2D eigenvalue weighted by Gasteiger charge is -2.41. The van der Waals surface area contributed by atoms with Crippen LogP contribution < -0.4 is 5.32 Å². The Morgan fingerprint density at radius 1 is 1.32 bits per heavy atom. The van der Waals surface area contributed by atoms with Gasteiger partial charge in [-0.05, 0) is 48.8 Å². The molecule has 0 aromatic carbocycles. The van der Waals surface area contributed by atoms with Crippen molar-refractivity contribution in [2.75, 3.05) is 13.6 Å². The monoisotopic (exact) mass is 419 g/mol. The first-order valence-corrected chi connectivity index (χ1v) is 10.8. The Morgan fingerprint density at radius 2 is 2.03 bits per heavy atom. The predicted octanol–water partition coefficient (Wildman–Crippen LogP) is 4.71. The Hall–Kier alpha value is -3.08.